The van der Waals surface area contributed by atoms with Gasteiger partial charge >= 0.3 is 0 Å². The van der Waals surface area contributed by atoms with Crippen molar-refractivity contribution in [2.24, 2.45) is 0 Å². The smallest absolute Gasteiger partial charge is 0.0893 e. The summed E-state index contributed by atoms with van der Waals surface area (Å²) in [6.07, 6.45) is 0. The van der Waals surface area contributed by atoms with E-state index >= 15 is 0 Å². The first-order valence-electron chi connectivity index (χ1n) is 9.28. The maximum Gasteiger partial charge on any atom is 0.0893 e. The highest BCUT2D eigenvalue weighted by molar-refractivity contribution is 5.69. The molecular formula is C24H22N4. The van der Waals surface area contributed by atoms with E-state index in [1.54, 1.807) is 0 Å². The van der Waals surface area contributed by atoms with Crippen molar-refractivity contribution in [3.05, 3.63) is 84.9 Å². The number of pyridine rings is 2. The molecule has 0 saturated heterocycles. The number of hydrogen-bond acceptors (Lipinski definition) is 4. The van der Waals surface area contributed by atoms with Gasteiger partial charge in [0.2, 0.25) is 0 Å². The Hall–Kier alpha value is -3.66. The SMILES string of the molecule is CNc1ccc(-c2cccc(-c3cccc(-c4ccc(NC)cc4)n3)n2)cc1. The topological polar surface area (TPSA) is 49.8 Å². The summed E-state index contributed by atoms with van der Waals surface area (Å²) < 4.78 is 0. The molecule has 0 aliphatic carbocycles. The highest BCUT2D eigenvalue weighted by Gasteiger charge is 2.07. The molecule has 4 aromatic rings. The second-order valence-corrected chi connectivity index (χ2v) is 6.47. The summed E-state index contributed by atoms with van der Waals surface area (Å²) in [5.74, 6) is 0. The fourth-order valence-electron chi connectivity index (χ4n) is 3.09. The van der Waals surface area contributed by atoms with Crippen molar-refractivity contribution < 1.29 is 0 Å². The van der Waals surface area contributed by atoms with Crippen LogP contribution in [0.15, 0.2) is 84.9 Å². The van der Waals surface area contributed by atoms with Crippen molar-refractivity contribution in [3.63, 3.8) is 0 Å². The van der Waals surface area contributed by atoms with Gasteiger partial charge in [-0.15, -0.1) is 0 Å². The van der Waals surface area contributed by atoms with E-state index in [1.807, 2.05) is 50.5 Å². The standard InChI is InChI=1S/C24H22N4/c1-25-19-13-9-17(10-14-19)21-5-3-7-23(27-21)24-8-4-6-22(28-24)18-11-15-20(26-2)16-12-18/h3-16,25-26H,1-2H3. The Morgan fingerprint density at radius 1 is 0.464 bits per heavy atom. The molecule has 138 valence electrons. The zero-order valence-electron chi connectivity index (χ0n) is 16.0. The highest BCUT2D eigenvalue weighted by atomic mass is 14.8. The van der Waals surface area contributed by atoms with Gasteiger partial charge < -0.3 is 10.6 Å². The first-order chi connectivity index (χ1) is 13.8. The summed E-state index contributed by atoms with van der Waals surface area (Å²) in [6, 6.07) is 28.6. The van der Waals surface area contributed by atoms with Gasteiger partial charge in [0, 0.05) is 36.6 Å². The lowest BCUT2D eigenvalue weighted by atomic mass is 10.1. The number of benzene rings is 2. The van der Waals surface area contributed by atoms with Crippen LogP contribution in [-0.2, 0) is 0 Å². The van der Waals surface area contributed by atoms with E-state index in [4.69, 9.17) is 9.97 Å². The number of aromatic nitrogens is 2. The molecule has 0 atom stereocenters. The normalized spacial score (nSPS) is 10.5. The predicted octanol–water partition coefficient (Wildman–Crippen LogP) is 5.56. The van der Waals surface area contributed by atoms with E-state index in [-0.39, 0.29) is 0 Å². The van der Waals surface area contributed by atoms with Crippen LogP contribution < -0.4 is 10.6 Å². The van der Waals surface area contributed by atoms with Crippen molar-refractivity contribution in [2.45, 2.75) is 0 Å². The lowest BCUT2D eigenvalue weighted by molar-refractivity contribution is 1.25. The average Bonchev–Trinajstić information content (AvgIpc) is 2.79. The van der Waals surface area contributed by atoms with Gasteiger partial charge in [-0.2, -0.15) is 0 Å². The van der Waals surface area contributed by atoms with E-state index in [1.165, 1.54) is 0 Å². The lowest BCUT2D eigenvalue weighted by Crippen LogP contribution is -1.93. The molecule has 0 spiro atoms. The molecule has 4 nitrogen and oxygen atoms in total. The third-order valence-corrected chi connectivity index (χ3v) is 4.70. The first kappa shape index (κ1) is 17.7. The molecule has 4 heteroatoms. The second-order valence-electron chi connectivity index (χ2n) is 6.47. The zero-order valence-corrected chi connectivity index (χ0v) is 16.0. The van der Waals surface area contributed by atoms with Crippen molar-refractivity contribution >= 4 is 11.4 Å². The maximum absolute atomic E-state index is 4.84. The Morgan fingerprint density at radius 2 is 0.821 bits per heavy atom. The zero-order chi connectivity index (χ0) is 19.3. The van der Waals surface area contributed by atoms with E-state index in [9.17, 15) is 0 Å². The molecule has 2 heterocycles. The van der Waals surface area contributed by atoms with Gasteiger partial charge in [0.25, 0.3) is 0 Å². The molecular weight excluding hydrogens is 344 g/mol. The van der Waals surface area contributed by atoms with Crippen LogP contribution in [0.3, 0.4) is 0 Å². The monoisotopic (exact) mass is 366 g/mol. The summed E-state index contributed by atoms with van der Waals surface area (Å²) in [6.45, 7) is 0. The first-order valence-corrected chi connectivity index (χ1v) is 9.28. The molecule has 0 aliphatic rings. The van der Waals surface area contributed by atoms with Crippen LogP contribution in [0.4, 0.5) is 11.4 Å². The molecule has 0 saturated carbocycles. The quantitative estimate of drug-likeness (QED) is 0.485. The second kappa shape index (κ2) is 7.92. The van der Waals surface area contributed by atoms with Crippen LogP contribution in [0.2, 0.25) is 0 Å². The summed E-state index contributed by atoms with van der Waals surface area (Å²) in [7, 11) is 3.83. The molecule has 0 amide bonds. The van der Waals surface area contributed by atoms with Gasteiger partial charge in [-0.25, -0.2) is 9.97 Å². The summed E-state index contributed by atoms with van der Waals surface area (Å²) >= 11 is 0. The van der Waals surface area contributed by atoms with Gasteiger partial charge in [-0.05, 0) is 48.5 Å². The number of nitrogens with zero attached hydrogens (tertiary/aromatic N) is 2. The lowest BCUT2D eigenvalue weighted by Gasteiger charge is -2.08. The molecule has 2 N–H and O–H groups in total. The Bertz CT molecular complexity index is 981. The number of anilines is 2. The van der Waals surface area contributed by atoms with E-state index in [0.717, 1.165) is 45.3 Å². The van der Waals surface area contributed by atoms with Crippen LogP contribution in [0.25, 0.3) is 33.9 Å². The molecule has 0 unspecified atom stereocenters. The minimum Gasteiger partial charge on any atom is -0.388 e. The Balaban J connectivity index is 1.67. The Labute approximate surface area is 165 Å². The fourth-order valence-corrected chi connectivity index (χ4v) is 3.09. The minimum atomic E-state index is 0.865. The third kappa shape index (κ3) is 3.71. The van der Waals surface area contributed by atoms with Crippen molar-refractivity contribution in [1.82, 2.24) is 9.97 Å². The highest BCUT2D eigenvalue weighted by Crippen LogP contribution is 2.25. The van der Waals surface area contributed by atoms with E-state index in [2.05, 4.69) is 59.2 Å². The van der Waals surface area contributed by atoms with E-state index in [0.29, 0.717) is 0 Å². The summed E-state index contributed by atoms with van der Waals surface area (Å²) in [5.41, 5.74) is 7.93. The molecule has 0 radical (unpaired) electrons. The van der Waals surface area contributed by atoms with Gasteiger partial charge in [-0.1, -0.05) is 36.4 Å². The van der Waals surface area contributed by atoms with Gasteiger partial charge in [0.15, 0.2) is 0 Å². The van der Waals surface area contributed by atoms with Crippen molar-refractivity contribution in [3.8, 4) is 33.9 Å². The summed E-state index contributed by atoms with van der Waals surface area (Å²) in [4.78, 5) is 9.68. The molecule has 0 aliphatic heterocycles. The maximum atomic E-state index is 4.84. The van der Waals surface area contributed by atoms with Gasteiger partial charge in [0.05, 0.1) is 22.8 Å². The molecule has 0 bridgehead atoms. The van der Waals surface area contributed by atoms with Crippen LogP contribution in [-0.4, -0.2) is 24.1 Å². The number of hydrogen-bond donors (Lipinski definition) is 2. The molecule has 28 heavy (non-hydrogen) atoms. The Kier molecular flexibility index (Phi) is 5.02. The predicted molar refractivity (Wildman–Crippen MR) is 117 cm³/mol. The Morgan fingerprint density at radius 3 is 1.18 bits per heavy atom. The largest absolute Gasteiger partial charge is 0.388 e. The van der Waals surface area contributed by atoms with E-state index < -0.39 is 0 Å². The van der Waals surface area contributed by atoms with Gasteiger partial charge in [0.1, 0.15) is 0 Å². The molecule has 2 aromatic heterocycles. The van der Waals surface area contributed by atoms with Crippen molar-refractivity contribution in [2.75, 3.05) is 24.7 Å². The van der Waals surface area contributed by atoms with Crippen LogP contribution >= 0.6 is 0 Å². The average molecular weight is 366 g/mol. The van der Waals surface area contributed by atoms with Crippen LogP contribution in [0.5, 0.6) is 0 Å². The van der Waals surface area contributed by atoms with Crippen molar-refractivity contribution in [1.29, 1.82) is 0 Å². The minimum absolute atomic E-state index is 0.865. The molecule has 2 aromatic carbocycles. The molecule has 0 fully saturated rings. The van der Waals surface area contributed by atoms with Crippen LogP contribution in [0.1, 0.15) is 0 Å². The van der Waals surface area contributed by atoms with Gasteiger partial charge in [-0.3, -0.25) is 0 Å². The number of rotatable bonds is 5. The number of nitrogens with one attached hydrogen (secondary N) is 2. The third-order valence-electron chi connectivity index (χ3n) is 4.70. The molecule has 4 rings (SSSR count). The fraction of sp³-hybridized carbons (Fsp3) is 0.0833. The van der Waals surface area contributed by atoms with Crippen LogP contribution in [0, 0.1) is 0 Å². The summed E-state index contributed by atoms with van der Waals surface area (Å²) in [5, 5.41) is 6.27.